The number of aliphatic imine (C=N–C) groups is 1. The second kappa shape index (κ2) is 8.47. The van der Waals surface area contributed by atoms with Crippen LogP contribution in [-0.2, 0) is 11.3 Å². The Bertz CT molecular complexity index is 490. The van der Waals surface area contributed by atoms with E-state index in [1.54, 1.807) is 12.1 Å². The number of nitrogens with zero attached hydrogens (tertiary/aromatic N) is 1. The molecule has 6 heteroatoms. The SMILES string of the molecule is NC(=NCC1CCC1)NCCOCc1ccc(Cl)cc1Cl. The first-order valence-electron chi connectivity index (χ1n) is 7.20. The fourth-order valence-electron chi connectivity index (χ4n) is 2.03. The minimum absolute atomic E-state index is 0.455. The summed E-state index contributed by atoms with van der Waals surface area (Å²) in [6.45, 7) is 2.46. The Hall–Kier alpha value is -0.970. The van der Waals surface area contributed by atoms with Crippen molar-refractivity contribution in [2.45, 2.75) is 25.9 Å². The summed E-state index contributed by atoms with van der Waals surface area (Å²) in [5.41, 5.74) is 6.71. The lowest BCUT2D eigenvalue weighted by molar-refractivity contribution is 0.125. The summed E-state index contributed by atoms with van der Waals surface area (Å²) in [6.07, 6.45) is 3.89. The normalized spacial score (nSPS) is 15.8. The number of hydrogen-bond donors (Lipinski definition) is 2. The van der Waals surface area contributed by atoms with Crippen molar-refractivity contribution in [1.29, 1.82) is 0 Å². The molecule has 3 N–H and O–H groups in total. The largest absolute Gasteiger partial charge is 0.375 e. The highest BCUT2D eigenvalue weighted by Crippen LogP contribution is 2.26. The zero-order valence-electron chi connectivity index (χ0n) is 11.9. The van der Waals surface area contributed by atoms with Gasteiger partial charge in [-0.1, -0.05) is 35.7 Å². The van der Waals surface area contributed by atoms with E-state index in [-0.39, 0.29) is 0 Å². The molecule has 21 heavy (non-hydrogen) atoms. The predicted octanol–water partition coefficient (Wildman–Crippen LogP) is 3.21. The van der Waals surface area contributed by atoms with Crippen molar-refractivity contribution in [2.24, 2.45) is 16.6 Å². The zero-order valence-corrected chi connectivity index (χ0v) is 13.5. The number of nitrogens with one attached hydrogen (secondary N) is 1. The molecule has 0 aromatic heterocycles. The average molecular weight is 330 g/mol. The standard InChI is InChI=1S/C15H21Cl2N3O/c16-13-5-4-12(14(17)8-13)10-21-7-6-19-15(18)20-9-11-2-1-3-11/h4-5,8,11H,1-3,6-7,9-10H2,(H3,18,19,20). The molecule has 1 aliphatic carbocycles. The van der Waals surface area contributed by atoms with Crippen LogP contribution >= 0.6 is 23.2 Å². The summed E-state index contributed by atoms with van der Waals surface area (Å²) in [5.74, 6) is 1.23. The fraction of sp³-hybridized carbons (Fsp3) is 0.533. The van der Waals surface area contributed by atoms with Gasteiger partial charge < -0.3 is 15.8 Å². The van der Waals surface area contributed by atoms with Crippen LogP contribution in [0.5, 0.6) is 0 Å². The molecular weight excluding hydrogens is 309 g/mol. The van der Waals surface area contributed by atoms with E-state index >= 15 is 0 Å². The van der Waals surface area contributed by atoms with Gasteiger partial charge in [-0.25, -0.2) is 0 Å². The molecule has 1 fully saturated rings. The molecule has 0 spiro atoms. The molecule has 0 heterocycles. The molecule has 0 unspecified atom stereocenters. The van der Waals surface area contributed by atoms with Crippen LogP contribution in [0.15, 0.2) is 23.2 Å². The van der Waals surface area contributed by atoms with Crippen molar-refractivity contribution in [3.63, 3.8) is 0 Å². The summed E-state index contributed by atoms with van der Waals surface area (Å²) in [7, 11) is 0. The second-order valence-corrected chi connectivity index (χ2v) is 6.08. The fourth-order valence-corrected chi connectivity index (χ4v) is 2.49. The van der Waals surface area contributed by atoms with Gasteiger partial charge in [-0.05, 0) is 36.5 Å². The Labute approximate surface area is 135 Å². The highest BCUT2D eigenvalue weighted by molar-refractivity contribution is 6.35. The molecule has 1 aromatic rings. The summed E-state index contributed by atoms with van der Waals surface area (Å²) in [6, 6.07) is 5.38. The van der Waals surface area contributed by atoms with Crippen LogP contribution in [0.2, 0.25) is 10.0 Å². The first-order chi connectivity index (χ1) is 10.1. The number of rotatable bonds is 7. The maximum Gasteiger partial charge on any atom is 0.188 e. The van der Waals surface area contributed by atoms with Gasteiger partial charge >= 0.3 is 0 Å². The van der Waals surface area contributed by atoms with E-state index in [1.165, 1.54) is 19.3 Å². The van der Waals surface area contributed by atoms with Gasteiger partial charge in [-0.3, -0.25) is 4.99 Å². The van der Waals surface area contributed by atoms with Gasteiger partial charge in [0.05, 0.1) is 13.2 Å². The van der Waals surface area contributed by atoms with Gasteiger partial charge in [0.2, 0.25) is 0 Å². The molecule has 4 nitrogen and oxygen atoms in total. The lowest BCUT2D eigenvalue weighted by Crippen LogP contribution is -2.35. The number of benzene rings is 1. The summed E-state index contributed by atoms with van der Waals surface area (Å²) in [5, 5.41) is 4.29. The average Bonchev–Trinajstić information content (AvgIpc) is 2.39. The van der Waals surface area contributed by atoms with E-state index in [4.69, 9.17) is 33.7 Å². The molecular formula is C15H21Cl2N3O. The molecule has 2 rings (SSSR count). The number of ether oxygens (including phenoxy) is 1. The Balaban J connectivity index is 1.58. The van der Waals surface area contributed by atoms with Crippen LogP contribution < -0.4 is 11.1 Å². The van der Waals surface area contributed by atoms with E-state index < -0.39 is 0 Å². The topological polar surface area (TPSA) is 59.6 Å². The molecule has 1 aliphatic rings. The molecule has 0 saturated heterocycles. The van der Waals surface area contributed by atoms with Gasteiger partial charge in [-0.15, -0.1) is 0 Å². The lowest BCUT2D eigenvalue weighted by atomic mass is 9.86. The van der Waals surface area contributed by atoms with Crippen LogP contribution in [0.4, 0.5) is 0 Å². The van der Waals surface area contributed by atoms with Crippen LogP contribution in [0.25, 0.3) is 0 Å². The van der Waals surface area contributed by atoms with Gasteiger partial charge in [0.1, 0.15) is 0 Å². The molecule has 0 bridgehead atoms. The van der Waals surface area contributed by atoms with Gasteiger partial charge in [0.15, 0.2) is 5.96 Å². The second-order valence-electron chi connectivity index (χ2n) is 5.24. The van der Waals surface area contributed by atoms with Crippen molar-refractivity contribution in [3.8, 4) is 0 Å². The Morgan fingerprint density at radius 2 is 2.19 bits per heavy atom. The van der Waals surface area contributed by atoms with Crippen molar-refractivity contribution in [3.05, 3.63) is 33.8 Å². The Kier molecular flexibility index (Phi) is 6.61. The Morgan fingerprint density at radius 1 is 1.38 bits per heavy atom. The third-order valence-electron chi connectivity index (χ3n) is 3.57. The summed E-state index contributed by atoms with van der Waals surface area (Å²) >= 11 is 11.9. The van der Waals surface area contributed by atoms with E-state index in [2.05, 4.69) is 10.3 Å². The molecule has 0 amide bonds. The molecule has 0 radical (unpaired) electrons. The van der Waals surface area contributed by atoms with Gasteiger partial charge in [0.25, 0.3) is 0 Å². The van der Waals surface area contributed by atoms with Crippen LogP contribution in [0.1, 0.15) is 24.8 Å². The molecule has 1 saturated carbocycles. The quantitative estimate of drug-likeness (QED) is 0.458. The van der Waals surface area contributed by atoms with E-state index in [0.29, 0.717) is 35.8 Å². The minimum atomic E-state index is 0.455. The zero-order chi connectivity index (χ0) is 15.1. The molecule has 116 valence electrons. The smallest absolute Gasteiger partial charge is 0.188 e. The number of nitrogens with two attached hydrogens (primary N) is 1. The van der Waals surface area contributed by atoms with Crippen LogP contribution in [0, 0.1) is 5.92 Å². The third-order valence-corrected chi connectivity index (χ3v) is 4.16. The highest BCUT2D eigenvalue weighted by atomic mass is 35.5. The highest BCUT2D eigenvalue weighted by Gasteiger charge is 2.16. The third kappa shape index (κ3) is 5.73. The predicted molar refractivity (Wildman–Crippen MR) is 88.0 cm³/mol. The Morgan fingerprint density at radius 3 is 2.86 bits per heavy atom. The number of guanidine groups is 1. The van der Waals surface area contributed by atoms with E-state index in [1.807, 2.05) is 6.07 Å². The number of halogens is 2. The lowest BCUT2D eigenvalue weighted by Gasteiger charge is -2.23. The van der Waals surface area contributed by atoms with Crippen molar-refractivity contribution in [2.75, 3.05) is 19.7 Å². The van der Waals surface area contributed by atoms with Crippen molar-refractivity contribution in [1.82, 2.24) is 5.32 Å². The van der Waals surface area contributed by atoms with Gasteiger partial charge in [-0.2, -0.15) is 0 Å². The first kappa shape index (κ1) is 16.4. The molecule has 1 aromatic carbocycles. The maximum absolute atomic E-state index is 6.06. The van der Waals surface area contributed by atoms with E-state index in [9.17, 15) is 0 Å². The van der Waals surface area contributed by atoms with Crippen LogP contribution in [-0.4, -0.2) is 25.7 Å². The van der Waals surface area contributed by atoms with E-state index in [0.717, 1.165) is 18.0 Å². The first-order valence-corrected chi connectivity index (χ1v) is 7.96. The molecule has 0 aliphatic heterocycles. The maximum atomic E-state index is 6.06. The van der Waals surface area contributed by atoms with Crippen molar-refractivity contribution < 1.29 is 4.74 Å². The summed E-state index contributed by atoms with van der Waals surface area (Å²) in [4.78, 5) is 4.32. The minimum Gasteiger partial charge on any atom is -0.375 e. The van der Waals surface area contributed by atoms with Gasteiger partial charge in [0, 0.05) is 23.1 Å². The van der Waals surface area contributed by atoms with Crippen molar-refractivity contribution >= 4 is 29.2 Å². The monoisotopic (exact) mass is 329 g/mol. The summed E-state index contributed by atoms with van der Waals surface area (Å²) < 4.78 is 5.55. The van der Waals surface area contributed by atoms with Crippen LogP contribution in [0.3, 0.4) is 0 Å². The molecule has 0 atom stereocenters. The number of hydrogen-bond acceptors (Lipinski definition) is 2.